The number of hydrogen-bond acceptors (Lipinski definition) is 8. The van der Waals surface area contributed by atoms with Gasteiger partial charge in [-0.2, -0.15) is 10.4 Å². The van der Waals surface area contributed by atoms with E-state index in [1.54, 1.807) is 12.3 Å². The van der Waals surface area contributed by atoms with Gasteiger partial charge in [-0.25, -0.2) is 0 Å². The maximum atomic E-state index is 13.0. The molecule has 0 bridgehead atoms. The van der Waals surface area contributed by atoms with Gasteiger partial charge in [-0.1, -0.05) is 25.5 Å². The molecule has 0 saturated carbocycles. The Hall–Kier alpha value is -5.27. The van der Waals surface area contributed by atoms with Gasteiger partial charge in [0.05, 0.1) is 58.7 Å². The molecule has 10 nitrogen and oxygen atoms in total. The number of hydrogen-bond donors (Lipinski definition) is 2. The highest BCUT2D eigenvalue weighted by molar-refractivity contribution is 6.05. The zero-order valence-corrected chi connectivity index (χ0v) is 26.3. The van der Waals surface area contributed by atoms with Crippen molar-refractivity contribution < 1.29 is 9.53 Å². The first-order valence-corrected chi connectivity index (χ1v) is 15.9. The fraction of sp³-hybridized carbons (Fsp3) is 0.306. The van der Waals surface area contributed by atoms with Gasteiger partial charge in [-0.05, 0) is 75.7 Å². The maximum absolute atomic E-state index is 13.0. The van der Waals surface area contributed by atoms with Crippen molar-refractivity contribution in [3.63, 3.8) is 0 Å². The van der Waals surface area contributed by atoms with Gasteiger partial charge >= 0.3 is 0 Å². The van der Waals surface area contributed by atoms with Crippen LogP contribution in [0, 0.1) is 11.3 Å². The number of fused-ring (bicyclic) bond motifs is 2. The van der Waals surface area contributed by atoms with Crippen molar-refractivity contribution in [2.75, 3.05) is 36.9 Å². The van der Waals surface area contributed by atoms with Crippen molar-refractivity contribution in [1.29, 1.82) is 5.26 Å². The van der Waals surface area contributed by atoms with Gasteiger partial charge in [0.2, 0.25) is 5.91 Å². The van der Waals surface area contributed by atoms with Crippen LogP contribution in [-0.2, 0) is 17.8 Å². The number of likely N-dealkylation sites (tertiary alicyclic amines) is 1. The number of ether oxygens (including phenoxy) is 1. The Balaban J connectivity index is 1.33. The number of anilines is 3. The van der Waals surface area contributed by atoms with Gasteiger partial charge in [0, 0.05) is 41.3 Å². The van der Waals surface area contributed by atoms with Crippen molar-refractivity contribution in [1.82, 2.24) is 24.6 Å². The molecule has 2 aromatic carbocycles. The number of aryl methyl sites for hydroxylation is 1. The molecule has 1 fully saturated rings. The van der Waals surface area contributed by atoms with Crippen LogP contribution in [-0.4, -0.2) is 56.8 Å². The zero-order chi connectivity index (χ0) is 31.9. The monoisotopic (exact) mass is 614 g/mol. The van der Waals surface area contributed by atoms with Crippen LogP contribution in [0.3, 0.4) is 0 Å². The Morgan fingerprint density at radius 2 is 1.98 bits per heavy atom. The lowest BCUT2D eigenvalue weighted by molar-refractivity contribution is -0.111. The second kappa shape index (κ2) is 14.2. The minimum atomic E-state index is -0.237. The van der Waals surface area contributed by atoms with E-state index in [0.29, 0.717) is 58.9 Å². The first kappa shape index (κ1) is 30.7. The predicted molar refractivity (Wildman–Crippen MR) is 181 cm³/mol. The van der Waals surface area contributed by atoms with Crippen LogP contribution in [0.25, 0.3) is 21.8 Å². The van der Waals surface area contributed by atoms with Crippen molar-refractivity contribution >= 4 is 44.8 Å². The van der Waals surface area contributed by atoms with Crippen LogP contribution in [0.5, 0.6) is 5.75 Å². The van der Waals surface area contributed by atoms with Crippen LogP contribution >= 0.6 is 0 Å². The number of piperidine rings is 1. The largest absolute Gasteiger partial charge is 0.492 e. The minimum Gasteiger partial charge on any atom is -0.492 e. The number of aromatic nitrogens is 4. The van der Waals surface area contributed by atoms with E-state index in [4.69, 9.17) is 9.72 Å². The summed E-state index contributed by atoms with van der Waals surface area (Å²) < 4.78 is 7.86. The van der Waals surface area contributed by atoms with Gasteiger partial charge in [0.1, 0.15) is 11.8 Å². The summed E-state index contributed by atoms with van der Waals surface area (Å²) in [7, 11) is 0. The van der Waals surface area contributed by atoms with Crippen molar-refractivity contribution in [2.45, 2.75) is 46.1 Å². The number of carbonyl (C=O) groups excluding carboxylic acids is 1. The van der Waals surface area contributed by atoms with E-state index in [1.807, 2.05) is 79.3 Å². The standard InChI is InChI=1S/C36H38N8O2/c1-3-30-29(22-37)36(40-26-13-14-33-25(19-26)23-39-44(33)24-27-11-6-7-15-38-27)28-20-32(34(46-4-2)21-31(28)41-30)42-35(45)12-10-18-43-16-8-5-9-17-43/h6-7,10-15,19-21,23H,3-5,8-9,16-18,24H2,1-2H3,(H,40,41)(H,42,45)/b12-10+. The topological polar surface area (TPSA) is 121 Å². The zero-order valence-electron chi connectivity index (χ0n) is 26.3. The molecule has 6 rings (SSSR count). The molecule has 46 heavy (non-hydrogen) atoms. The van der Waals surface area contributed by atoms with E-state index >= 15 is 0 Å². The predicted octanol–water partition coefficient (Wildman–Crippen LogP) is 6.58. The summed E-state index contributed by atoms with van der Waals surface area (Å²) in [6.45, 7) is 7.75. The summed E-state index contributed by atoms with van der Waals surface area (Å²) in [5.41, 5.74) is 5.67. The number of nitrogens with one attached hydrogen (secondary N) is 2. The Morgan fingerprint density at radius 3 is 2.74 bits per heavy atom. The first-order valence-electron chi connectivity index (χ1n) is 15.9. The average molecular weight is 615 g/mol. The van der Waals surface area contributed by atoms with Gasteiger partial charge < -0.3 is 15.4 Å². The molecule has 10 heteroatoms. The summed E-state index contributed by atoms with van der Waals surface area (Å²) in [5.74, 6) is 0.290. The minimum absolute atomic E-state index is 0.237. The van der Waals surface area contributed by atoms with Gasteiger partial charge in [-0.3, -0.25) is 24.3 Å². The lowest BCUT2D eigenvalue weighted by Crippen LogP contribution is -2.29. The first-order chi connectivity index (χ1) is 22.6. The van der Waals surface area contributed by atoms with E-state index in [-0.39, 0.29) is 5.91 Å². The Bertz CT molecular complexity index is 1920. The SMILES string of the molecule is CCOc1cc2nc(CC)c(C#N)c(Nc3ccc4c(cnn4Cc4ccccn4)c3)c2cc1NC(=O)/C=C/CN1CCCCC1. The molecule has 1 aliphatic rings. The summed E-state index contributed by atoms with van der Waals surface area (Å²) in [4.78, 5) is 24.6. The van der Waals surface area contributed by atoms with Gasteiger partial charge in [-0.15, -0.1) is 0 Å². The van der Waals surface area contributed by atoms with E-state index in [1.165, 1.54) is 19.3 Å². The van der Waals surface area contributed by atoms with E-state index in [9.17, 15) is 10.1 Å². The number of rotatable bonds is 11. The van der Waals surface area contributed by atoms with Crippen LogP contribution in [0.15, 0.2) is 73.1 Å². The lowest BCUT2D eigenvalue weighted by Gasteiger charge is -2.24. The second-order valence-corrected chi connectivity index (χ2v) is 11.3. The quantitative estimate of drug-likeness (QED) is 0.160. The van der Waals surface area contributed by atoms with Gasteiger partial charge in [0.25, 0.3) is 0 Å². The molecule has 234 valence electrons. The summed E-state index contributed by atoms with van der Waals surface area (Å²) in [6, 6.07) is 17.9. The molecule has 0 aliphatic carbocycles. The van der Waals surface area contributed by atoms with Crippen molar-refractivity contribution in [2.24, 2.45) is 0 Å². The molecule has 0 atom stereocenters. The Kier molecular flexibility index (Phi) is 9.51. The molecule has 0 spiro atoms. The molecular formula is C36H38N8O2. The number of pyridine rings is 2. The molecule has 1 aliphatic heterocycles. The summed E-state index contributed by atoms with van der Waals surface area (Å²) in [6.07, 6.45) is 11.4. The van der Waals surface area contributed by atoms with Crippen LogP contribution in [0.4, 0.5) is 17.1 Å². The van der Waals surface area contributed by atoms with E-state index in [0.717, 1.165) is 41.9 Å². The molecule has 2 N–H and O–H groups in total. The summed E-state index contributed by atoms with van der Waals surface area (Å²) in [5, 5.41) is 23.0. The molecule has 3 aromatic heterocycles. The summed E-state index contributed by atoms with van der Waals surface area (Å²) >= 11 is 0. The van der Waals surface area contributed by atoms with Crippen LogP contribution < -0.4 is 15.4 Å². The number of benzene rings is 2. The molecule has 1 amide bonds. The molecule has 1 saturated heterocycles. The highest BCUT2D eigenvalue weighted by Crippen LogP contribution is 2.38. The third kappa shape index (κ3) is 6.85. The number of nitriles is 1. The van der Waals surface area contributed by atoms with Crippen molar-refractivity contribution in [3.8, 4) is 11.8 Å². The Morgan fingerprint density at radius 1 is 1.11 bits per heavy atom. The molecule has 5 aromatic rings. The average Bonchev–Trinajstić information content (AvgIpc) is 3.47. The third-order valence-corrected chi connectivity index (χ3v) is 8.20. The highest BCUT2D eigenvalue weighted by Gasteiger charge is 2.19. The normalized spacial score (nSPS) is 13.7. The third-order valence-electron chi connectivity index (χ3n) is 8.20. The maximum Gasteiger partial charge on any atom is 0.248 e. The van der Waals surface area contributed by atoms with E-state index < -0.39 is 0 Å². The number of carbonyl (C=O) groups is 1. The fourth-order valence-electron chi connectivity index (χ4n) is 5.93. The molecule has 4 heterocycles. The number of nitrogens with zero attached hydrogens (tertiary/aromatic N) is 6. The smallest absolute Gasteiger partial charge is 0.248 e. The van der Waals surface area contributed by atoms with E-state index in [2.05, 4.69) is 31.7 Å². The Labute approximate surface area is 268 Å². The fourth-order valence-corrected chi connectivity index (χ4v) is 5.93. The second-order valence-electron chi connectivity index (χ2n) is 11.3. The van der Waals surface area contributed by atoms with Crippen molar-refractivity contribution in [3.05, 3.63) is 90.0 Å². The lowest BCUT2D eigenvalue weighted by atomic mass is 10.0. The van der Waals surface area contributed by atoms with Gasteiger partial charge in [0.15, 0.2) is 0 Å². The molecule has 0 radical (unpaired) electrons. The molecule has 0 unspecified atom stereocenters. The van der Waals surface area contributed by atoms with Crippen LogP contribution in [0.2, 0.25) is 0 Å². The molecular weight excluding hydrogens is 576 g/mol. The van der Waals surface area contributed by atoms with Crippen LogP contribution in [0.1, 0.15) is 50.1 Å². The highest BCUT2D eigenvalue weighted by atomic mass is 16.5. The number of amides is 1.